The van der Waals surface area contributed by atoms with Crippen molar-refractivity contribution < 1.29 is 4.79 Å². The highest BCUT2D eigenvalue weighted by Crippen LogP contribution is 2.19. The van der Waals surface area contributed by atoms with Crippen LogP contribution in [-0.4, -0.2) is 42.0 Å². The normalized spacial score (nSPS) is 15.2. The number of thiazole rings is 1. The molecular weight excluding hydrogens is 284 g/mol. The van der Waals surface area contributed by atoms with Gasteiger partial charge in [-0.1, -0.05) is 12.1 Å². The summed E-state index contributed by atoms with van der Waals surface area (Å²) in [5, 5.41) is 3.02. The van der Waals surface area contributed by atoms with Crippen molar-refractivity contribution in [1.82, 2.24) is 9.88 Å². The molecule has 0 aliphatic carbocycles. The Morgan fingerprint density at radius 1 is 1.29 bits per heavy atom. The lowest BCUT2D eigenvalue weighted by Gasteiger charge is -2.34. The van der Waals surface area contributed by atoms with Crippen LogP contribution in [0.1, 0.15) is 5.56 Å². The number of hydrogen-bond donors (Lipinski definition) is 1. The molecular formula is C15H18N4OS. The van der Waals surface area contributed by atoms with Crippen LogP contribution < -0.4 is 10.6 Å². The van der Waals surface area contributed by atoms with Gasteiger partial charge in [0.25, 0.3) is 0 Å². The van der Waals surface area contributed by atoms with E-state index in [4.69, 9.17) is 5.73 Å². The van der Waals surface area contributed by atoms with Crippen LogP contribution in [0.25, 0.3) is 0 Å². The summed E-state index contributed by atoms with van der Waals surface area (Å²) in [6.07, 6.45) is 2.24. The van der Waals surface area contributed by atoms with Gasteiger partial charge < -0.3 is 15.5 Å². The molecule has 1 fully saturated rings. The summed E-state index contributed by atoms with van der Waals surface area (Å²) in [6, 6.07) is 7.53. The molecule has 0 spiro atoms. The third kappa shape index (κ3) is 3.33. The largest absolute Gasteiger partial charge is 0.399 e. The quantitative estimate of drug-likeness (QED) is 0.875. The fourth-order valence-electron chi connectivity index (χ4n) is 2.51. The molecule has 6 heteroatoms. The average Bonchev–Trinajstić information content (AvgIpc) is 3.01. The Balaban J connectivity index is 1.55. The van der Waals surface area contributed by atoms with Gasteiger partial charge in [-0.15, -0.1) is 11.3 Å². The van der Waals surface area contributed by atoms with Crippen LogP contribution in [0.2, 0.25) is 0 Å². The lowest BCUT2D eigenvalue weighted by Crippen LogP contribution is -2.49. The molecule has 1 aromatic carbocycles. The Hall–Kier alpha value is -2.08. The molecule has 2 aromatic rings. The van der Waals surface area contributed by atoms with Crippen molar-refractivity contribution in [2.45, 2.75) is 6.42 Å². The second kappa shape index (κ2) is 6.13. The summed E-state index contributed by atoms with van der Waals surface area (Å²) >= 11 is 1.64. The van der Waals surface area contributed by atoms with Crippen molar-refractivity contribution in [3.05, 3.63) is 41.4 Å². The number of carbonyl (C=O) groups excluding carboxylic acids is 1. The highest BCUT2D eigenvalue weighted by Gasteiger charge is 2.22. The molecule has 5 nitrogen and oxygen atoms in total. The standard InChI is InChI=1S/C15H18N4OS/c16-13-3-1-2-12(10-13)11-14(20)18-5-7-19(8-6-18)15-17-4-9-21-15/h1-4,9-10H,5-8,11,16H2. The van der Waals surface area contributed by atoms with Crippen LogP contribution in [-0.2, 0) is 11.2 Å². The number of nitrogens with zero attached hydrogens (tertiary/aromatic N) is 3. The van der Waals surface area contributed by atoms with Crippen molar-refractivity contribution in [1.29, 1.82) is 0 Å². The lowest BCUT2D eigenvalue weighted by atomic mass is 10.1. The zero-order chi connectivity index (χ0) is 14.7. The van der Waals surface area contributed by atoms with E-state index in [1.165, 1.54) is 0 Å². The molecule has 1 saturated heterocycles. The third-order valence-electron chi connectivity index (χ3n) is 3.63. The zero-order valence-electron chi connectivity index (χ0n) is 11.7. The van der Waals surface area contributed by atoms with Crippen molar-refractivity contribution in [3.8, 4) is 0 Å². The number of benzene rings is 1. The number of rotatable bonds is 3. The molecule has 21 heavy (non-hydrogen) atoms. The van der Waals surface area contributed by atoms with E-state index in [2.05, 4.69) is 9.88 Å². The first-order valence-electron chi connectivity index (χ1n) is 6.99. The van der Waals surface area contributed by atoms with Gasteiger partial charge >= 0.3 is 0 Å². The molecule has 2 N–H and O–H groups in total. The molecule has 0 bridgehead atoms. The number of nitrogens with two attached hydrogens (primary N) is 1. The molecule has 1 aliphatic rings. The molecule has 1 aliphatic heterocycles. The maximum absolute atomic E-state index is 12.3. The number of hydrogen-bond acceptors (Lipinski definition) is 5. The minimum atomic E-state index is 0.166. The van der Waals surface area contributed by atoms with E-state index < -0.39 is 0 Å². The lowest BCUT2D eigenvalue weighted by molar-refractivity contribution is -0.130. The summed E-state index contributed by atoms with van der Waals surface area (Å²) in [5.41, 5.74) is 7.42. The first-order chi connectivity index (χ1) is 10.2. The number of carbonyl (C=O) groups is 1. The Morgan fingerprint density at radius 2 is 2.10 bits per heavy atom. The SMILES string of the molecule is Nc1cccc(CC(=O)N2CCN(c3nccs3)CC2)c1. The smallest absolute Gasteiger partial charge is 0.227 e. The number of anilines is 2. The van der Waals surface area contributed by atoms with Crippen LogP contribution in [0.15, 0.2) is 35.8 Å². The van der Waals surface area contributed by atoms with Gasteiger partial charge in [-0.2, -0.15) is 0 Å². The zero-order valence-corrected chi connectivity index (χ0v) is 12.6. The van der Waals surface area contributed by atoms with Gasteiger partial charge in [0.1, 0.15) is 0 Å². The predicted octanol–water partition coefficient (Wildman–Crippen LogP) is 1.62. The van der Waals surface area contributed by atoms with Crippen molar-refractivity contribution in [3.63, 3.8) is 0 Å². The fourth-order valence-corrected chi connectivity index (χ4v) is 3.21. The highest BCUT2D eigenvalue weighted by molar-refractivity contribution is 7.13. The minimum Gasteiger partial charge on any atom is -0.399 e. The number of piperazine rings is 1. The Kier molecular flexibility index (Phi) is 4.06. The predicted molar refractivity (Wildman–Crippen MR) is 85.5 cm³/mol. The fraction of sp³-hybridized carbons (Fsp3) is 0.333. The first-order valence-corrected chi connectivity index (χ1v) is 7.87. The molecule has 2 heterocycles. The number of nitrogen functional groups attached to an aromatic ring is 1. The average molecular weight is 302 g/mol. The van der Waals surface area contributed by atoms with E-state index >= 15 is 0 Å². The van der Waals surface area contributed by atoms with Crippen LogP contribution in [0.4, 0.5) is 10.8 Å². The summed E-state index contributed by atoms with van der Waals surface area (Å²) in [5.74, 6) is 0.166. The van der Waals surface area contributed by atoms with Crippen molar-refractivity contribution in [2.75, 3.05) is 36.8 Å². The van der Waals surface area contributed by atoms with Gasteiger partial charge in [0.15, 0.2) is 5.13 Å². The summed E-state index contributed by atoms with van der Waals surface area (Å²) in [6.45, 7) is 3.19. The minimum absolute atomic E-state index is 0.166. The third-order valence-corrected chi connectivity index (χ3v) is 4.46. The van der Waals surface area contributed by atoms with Gasteiger partial charge in [0, 0.05) is 43.4 Å². The molecule has 1 amide bonds. The second-order valence-corrected chi connectivity index (χ2v) is 5.98. The van der Waals surface area contributed by atoms with Gasteiger partial charge in [-0.25, -0.2) is 4.98 Å². The van der Waals surface area contributed by atoms with Crippen LogP contribution in [0.5, 0.6) is 0 Å². The maximum atomic E-state index is 12.3. The monoisotopic (exact) mass is 302 g/mol. The van der Waals surface area contributed by atoms with Gasteiger partial charge in [0.2, 0.25) is 5.91 Å². The second-order valence-electron chi connectivity index (χ2n) is 5.10. The molecule has 0 unspecified atom stereocenters. The van der Waals surface area contributed by atoms with E-state index in [9.17, 15) is 4.79 Å². The van der Waals surface area contributed by atoms with E-state index in [1.54, 1.807) is 11.3 Å². The van der Waals surface area contributed by atoms with Crippen molar-refractivity contribution >= 4 is 28.1 Å². The van der Waals surface area contributed by atoms with Crippen molar-refractivity contribution in [2.24, 2.45) is 0 Å². The number of amides is 1. The van der Waals surface area contributed by atoms with Crippen LogP contribution >= 0.6 is 11.3 Å². The molecule has 1 aromatic heterocycles. The Bertz CT molecular complexity index is 606. The van der Waals surface area contributed by atoms with Crippen LogP contribution in [0, 0.1) is 0 Å². The summed E-state index contributed by atoms with van der Waals surface area (Å²) in [7, 11) is 0. The highest BCUT2D eigenvalue weighted by atomic mass is 32.1. The number of aromatic nitrogens is 1. The van der Waals surface area contributed by atoms with E-state index in [0.717, 1.165) is 36.9 Å². The molecule has 110 valence electrons. The Labute approximate surface area is 128 Å². The topological polar surface area (TPSA) is 62.5 Å². The maximum Gasteiger partial charge on any atom is 0.227 e. The first kappa shape index (κ1) is 13.9. The summed E-state index contributed by atoms with van der Waals surface area (Å²) in [4.78, 5) is 20.8. The molecule has 0 radical (unpaired) electrons. The van der Waals surface area contributed by atoms with E-state index in [-0.39, 0.29) is 5.91 Å². The summed E-state index contributed by atoms with van der Waals surface area (Å²) < 4.78 is 0. The van der Waals surface area contributed by atoms with E-state index in [1.807, 2.05) is 40.7 Å². The van der Waals surface area contributed by atoms with E-state index in [0.29, 0.717) is 12.1 Å². The molecule has 0 atom stereocenters. The molecule has 3 rings (SSSR count). The molecule has 0 saturated carbocycles. The van der Waals surface area contributed by atoms with Crippen LogP contribution in [0.3, 0.4) is 0 Å². The Morgan fingerprint density at radius 3 is 2.76 bits per heavy atom. The van der Waals surface area contributed by atoms with Gasteiger partial charge in [-0.05, 0) is 17.7 Å². The van der Waals surface area contributed by atoms with Gasteiger partial charge in [-0.3, -0.25) is 4.79 Å². The van der Waals surface area contributed by atoms with Gasteiger partial charge in [0.05, 0.1) is 6.42 Å².